The normalized spacial score (nSPS) is 10.3. The fourth-order valence-corrected chi connectivity index (χ4v) is 3.31. The number of hydrogen-bond acceptors (Lipinski definition) is 4. The molecule has 0 bridgehead atoms. The third-order valence-corrected chi connectivity index (χ3v) is 4.91. The van der Waals surface area contributed by atoms with Gasteiger partial charge in [0.15, 0.2) is 0 Å². The Kier molecular flexibility index (Phi) is 5.83. The largest absolute Gasteiger partial charge is 0.478 e. The molecule has 0 unspecified atom stereocenters. The molecule has 2 N–H and O–H groups in total. The first-order chi connectivity index (χ1) is 10.1. The topological polar surface area (TPSA) is 66.4 Å². The Morgan fingerprint density at radius 3 is 2.57 bits per heavy atom. The number of benzene rings is 1. The first-order valence-corrected chi connectivity index (χ1v) is 8.27. The average molecular weight is 321 g/mol. The Hall–Kier alpha value is -1.79. The number of amides is 1. The summed E-state index contributed by atoms with van der Waals surface area (Å²) in [5, 5.41) is 13.7. The van der Waals surface area contributed by atoms with Crippen molar-refractivity contribution in [3.8, 4) is 0 Å². The zero-order valence-corrected chi connectivity index (χ0v) is 12.9. The van der Waals surface area contributed by atoms with Crippen molar-refractivity contribution in [2.45, 2.75) is 10.6 Å². The number of carbonyl (C=O) groups excluding carboxylic acids is 1. The van der Waals surface area contributed by atoms with Crippen molar-refractivity contribution in [1.29, 1.82) is 0 Å². The lowest BCUT2D eigenvalue weighted by atomic mass is 10.1. The Morgan fingerprint density at radius 2 is 1.95 bits per heavy atom. The molecule has 0 radical (unpaired) electrons. The van der Waals surface area contributed by atoms with E-state index in [0.717, 1.165) is 9.77 Å². The summed E-state index contributed by atoms with van der Waals surface area (Å²) in [5.41, 5.74) is 1.28. The molecule has 6 heteroatoms. The molecule has 0 aliphatic rings. The second-order valence-electron chi connectivity index (χ2n) is 4.32. The molecule has 0 saturated carbocycles. The summed E-state index contributed by atoms with van der Waals surface area (Å²) in [7, 11) is 0. The minimum absolute atomic E-state index is 0.00977. The number of thioether (sulfide) groups is 1. The lowest BCUT2D eigenvalue weighted by Gasteiger charge is -2.05. The lowest BCUT2D eigenvalue weighted by molar-refractivity contribution is -0.118. The molecule has 0 spiro atoms. The SMILES string of the molecule is O=C(CSc1cccs1)NCCc1ccc(C(=O)O)cc1. The molecule has 2 rings (SSSR count). The van der Waals surface area contributed by atoms with Gasteiger partial charge in [0.2, 0.25) is 5.91 Å². The molecule has 21 heavy (non-hydrogen) atoms. The molecule has 0 saturated heterocycles. The molecule has 1 amide bonds. The van der Waals surface area contributed by atoms with Crippen LogP contribution in [-0.2, 0) is 11.2 Å². The molecule has 1 heterocycles. The van der Waals surface area contributed by atoms with Crippen molar-refractivity contribution < 1.29 is 14.7 Å². The first-order valence-electron chi connectivity index (χ1n) is 6.40. The van der Waals surface area contributed by atoms with Gasteiger partial charge in [-0.05, 0) is 35.6 Å². The molecule has 4 nitrogen and oxygen atoms in total. The molecule has 1 aromatic carbocycles. The van der Waals surface area contributed by atoms with Gasteiger partial charge in [0, 0.05) is 6.54 Å². The molecule has 0 aliphatic carbocycles. The Bertz CT molecular complexity index is 594. The Labute approximate surface area is 131 Å². The van der Waals surface area contributed by atoms with Crippen LogP contribution in [0.4, 0.5) is 0 Å². The van der Waals surface area contributed by atoms with Crippen molar-refractivity contribution in [2.75, 3.05) is 12.3 Å². The quantitative estimate of drug-likeness (QED) is 0.770. The van der Waals surface area contributed by atoms with Crippen molar-refractivity contribution in [3.05, 3.63) is 52.9 Å². The monoisotopic (exact) mass is 321 g/mol. The maximum Gasteiger partial charge on any atom is 0.335 e. The molecule has 0 aliphatic heterocycles. The van der Waals surface area contributed by atoms with E-state index >= 15 is 0 Å². The summed E-state index contributed by atoms with van der Waals surface area (Å²) >= 11 is 3.15. The van der Waals surface area contributed by atoms with Gasteiger partial charge < -0.3 is 10.4 Å². The maximum atomic E-state index is 11.7. The molecule has 0 fully saturated rings. The second-order valence-corrected chi connectivity index (χ2v) is 6.55. The molecular formula is C15H15NO3S2. The van der Waals surface area contributed by atoms with Crippen LogP contribution in [0.2, 0.25) is 0 Å². The molecule has 110 valence electrons. The molecule has 0 atom stereocenters. The van der Waals surface area contributed by atoms with Crippen molar-refractivity contribution >= 4 is 35.0 Å². The fourth-order valence-electron chi connectivity index (χ4n) is 1.69. The van der Waals surface area contributed by atoms with Gasteiger partial charge in [-0.15, -0.1) is 23.1 Å². The van der Waals surface area contributed by atoms with Gasteiger partial charge >= 0.3 is 5.97 Å². The van der Waals surface area contributed by atoms with E-state index in [2.05, 4.69) is 5.32 Å². The first kappa shape index (κ1) is 15.6. The number of carboxylic acid groups (broad SMARTS) is 1. The van der Waals surface area contributed by atoms with Crippen LogP contribution in [0.25, 0.3) is 0 Å². The lowest BCUT2D eigenvalue weighted by Crippen LogP contribution is -2.27. The van der Waals surface area contributed by atoms with Crippen molar-refractivity contribution in [2.24, 2.45) is 0 Å². The third kappa shape index (κ3) is 5.24. The number of carboxylic acids is 1. The van der Waals surface area contributed by atoms with Crippen LogP contribution in [0, 0.1) is 0 Å². The zero-order chi connectivity index (χ0) is 15.1. The van der Waals surface area contributed by atoms with E-state index in [9.17, 15) is 9.59 Å². The van der Waals surface area contributed by atoms with Gasteiger partial charge in [-0.3, -0.25) is 4.79 Å². The van der Waals surface area contributed by atoms with Crippen LogP contribution in [0.1, 0.15) is 15.9 Å². The standard InChI is InChI=1S/C15H15NO3S2/c17-13(10-21-14-2-1-9-20-14)16-8-7-11-3-5-12(6-4-11)15(18)19/h1-6,9H,7-8,10H2,(H,16,17)(H,18,19). The highest BCUT2D eigenvalue weighted by Gasteiger charge is 2.04. The van der Waals surface area contributed by atoms with Gasteiger partial charge in [-0.25, -0.2) is 4.79 Å². The molecule has 2 aromatic rings. The highest BCUT2D eigenvalue weighted by molar-refractivity contribution is 8.01. The predicted molar refractivity (Wildman–Crippen MR) is 85.2 cm³/mol. The van der Waals surface area contributed by atoms with Crippen LogP contribution >= 0.6 is 23.1 Å². The number of rotatable bonds is 7. The number of nitrogens with one attached hydrogen (secondary N) is 1. The fraction of sp³-hybridized carbons (Fsp3) is 0.200. The Morgan fingerprint density at radius 1 is 1.19 bits per heavy atom. The van der Waals surface area contributed by atoms with E-state index in [1.807, 2.05) is 17.5 Å². The maximum absolute atomic E-state index is 11.7. The highest BCUT2D eigenvalue weighted by atomic mass is 32.2. The van der Waals surface area contributed by atoms with Gasteiger partial charge in [-0.2, -0.15) is 0 Å². The minimum atomic E-state index is -0.930. The van der Waals surface area contributed by atoms with Crippen LogP contribution in [0.5, 0.6) is 0 Å². The van der Waals surface area contributed by atoms with E-state index in [0.29, 0.717) is 18.7 Å². The van der Waals surface area contributed by atoms with Crippen LogP contribution in [0.15, 0.2) is 46.0 Å². The summed E-state index contributed by atoms with van der Waals surface area (Å²) in [6.07, 6.45) is 0.690. The van der Waals surface area contributed by atoms with Gasteiger partial charge in [0.05, 0.1) is 15.5 Å². The smallest absolute Gasteiger partial charge is 0.335 e. The predicted octanol–water partition coefficient (Wildman–Crippen LogP) is 2.90. The van der Waals surface area contributed by atoms with Crippen molar-refractivity contribution in [1.82, 2.24) is 5.32 Å². The van der Waals surface area contributed by atoms with E-state index in [-0.39, 0.29) is 11.5 Å². The summed E-state index contributed by atoms with van der Waals surface area (Å²) in [6.45, 7) is 0.552. The summed E-state index contributed by atoms with van der Waals surface area (Å²) < 4.78 is 1.13. The van der Waals surface area contributed by atoms with Gasteiger partial charge in [0.1, 0.15) is 0 Å². The van der Waals surface area contributed by atoms with Crippen LogP contribution in [0.3, 0.4) is 0 Å². The third-order valence-electron chi connectivity index (χ3n) is 2.78. The average Bonchev–Trinajstić information content (AvgIpc) is 2.99. The molecular weight excluding hydrogens is 306 g/mol. The van der Waals surface area contributed by atoms with E-state index in [1.165, 1.54) is 11.8 Å². The van der Waals surface area contributed by atoms with Crippen LogP contribution in [-0.4, -0.2) is 29.3 Å². The zero-order valence-electron chi connectivity index (χ0n) is 11.2. The van der Waals surface area contributed by atoms with Crippen molar-refractivity contribution in [3.63, 3.8) is 0 Å². The van der Waals surface area contributed by atoms with E-state index in [1.54, 1.807) is 35.6 Å². The number of hydrogen-bond donors (Lipinski definition) is 2. The summed E-state index contributed by atoms with van der Waals surface area (Å²) in [4.78, 5) is 22.4. The number of thiophene rings is 1. The van der Waals surface area contributed by atoms with Gasteiger partial charge in [-0.1, -0.05) is 18.2 Å². The van der Waals surface area contributed by atoms with Crippen LogP contribution < -0.4 is 5.32 Å². The van der Waals surface area contributed by atoms with E-state index in [4.69, 9.17) is 5.11 Å². The number of carbonyl (C=O) groups is 2. The summed E-state index contributed by atoms with van der Waals surface area (Å²) in [5.74, 6) is -0.505. The summed E-state index contributed by atoms with van der Waals surface area (Å²) in [6, 6.07) is 10.7. The minimum Gasteiger partial charge on any atom is -0.478 e. The second kappa shape index (κ2) is 7.85. The van der Waals surface area contributed by atoms with Gasteiger partial charge in [0.25, 0.3) is 0 Å². The van der Waals surface area contributed by atoms with E-state index < -0.39 is 5.97 Å². The number of aromatic carboxylic acids is 1. The Balaban J connectivity index is 1.68. The highest BCUT2D eigenvalue weighted by Crippen LogP contribution is 2.22. The molecule has 1 aromatic heterocycles.